The van der Waals surface area contributed by atoms with Crippen molar-refractivity contribution in [2.24, 2.45) is 0 Å². The van der Waals surface area contributed by atoms with Gasteiger partial charge in [-0.2, -0.15) is 0 Å². The third kappa shape index (κ3) is 7.91. The summed E-state index contributed by atoms with van der Waals surface area (Å²) in [6.07, 6.45) is 4.68. The van der Waals surface area contributed by atoms with E-state index >= 15 is 0 Å². The maximum atomic E-state index is 11.5. The average Bonchev–Trinajstić information content (AvgIpc) is 3.45. The van der Waals surface area contributed by atoms with Crippen LogP contribution in [0.15, 0.2) is 48.8 Å². The molecule has 0 radical (unpaired) electrons. The number of methoxy groups -OCH3 is 2. The summed E-state index contributed by atoms with van der Waals surface area (Å²) in [7, 11) is 3.09. The number of rotatable bonds is 13. The lowest BCUT2D eigenvalue weighted by molar-refractivity contribution is -0.119. The van der Waals surface area contributed by atoms with Crippen LogP contribution in [-0.4, -0.2) is 69.9 Å². The Morgan fingerprint density at radius 2 is 1.37 bits per heavy atom. The highest BCUT2D eigenvalue weighted by molar-refractivity contribution is 6.39. The summed E-state index contributed by atoms with van der Waals surface area (Å²) < 4.78 is 11.1. The summed E-state index contributed by atoms with van der Waals surface area (Å²) in [4.78, 5) is 30.0. The number of nitrogens with zero attached hydrogens (tertiary/aromatic N) is 4. The first kappa shape index (κ1) is 33.5. The first-order valence-electron chi connectivity index (χ1n) is 14.9. The lowest BCUT2D eigenvalue weighted by atomic mass is 9.98. The molecular weight excluding hydrogens is 629 g/mol. The Balaban J connectivity index is 1.38. The number of halogens is 2. The van der Waals surface area contributed by atoms with Crippen LogP contribution in [-0.2, 0) is 17.9 Å². The van der Waals surface area contributed by atoms with E-state index in [0.29, 0.717) is 99.4 Å². The highest BCUT2D eigenvalue weighted by Crippen LogP contribution is 2.42. The van der Waals surface area contributed by atoms with E-state index in [1.807, 2.05) is 36.4 Å². The summed E-state index contributed by atoms with van der Waals surface area (Å²) in [6, 6.07) is 11.4. The van der Waals surface area contributed by atoms with Gasteiger partial charge in [0.1, 0.15) is 11.4 Å². The molecule has 1 saturated heterocycles. The third-order valence-electron chi connectivity index (χ3n) is 7.47. The van der Waals surface area contributed by atoms with Crippen LogP contribution in [0.5, 0.6) is 11.8 Å². The van der Waals surface area contributed by atoms with Gasteiger partial charge >= 0.3 is 0 Å². The zero-order valence-electron chi connectivity index (χ0n) is 26.2. The van der Waals surface area contributed by atoms with Gasteiger partial charge in [0.2, 0.25) is 17.7 Å². The molecule has 2 aromatic heterocycles. The molecule has 1 aliphatic heterocycles. The number of aliphatic hydroxyl groups is 1. The molecule has 46 heavy (non-hydrogen) atoms. The molecule has 3 heterocycles. The third-order valence-corrected chi connectivity index (χ3v) is 8.28. The molecule has 1 fully saturated rings. The Hall–Kier alpha value is -3.87. The molecule has 0 spiro atoms. The molecular formula is C33H37Cl2N7O4. The fourth-order valence-electron chi connectivity index (χ4n) is 5.18. The molecule has 0 bridgehead atoms. The van der Waals surface area contributed by atoms with Crippen molar-refractivity contribution < 1.29 is 19.4 Å². The van der Waals surface area contributed by atoms with E-state index in [4.69, 9.17) is 37.7 Å². The fraction of sp³-hybridized carbons (Fsp3) is 0.364. The monoisotopic (exact) mass is 665 g/mol. The van der Waals surface area contributed by atoms with E-state index in [0.717, 1.165) is 6.42 Å². The number of nitrogens with one attached hydrogen (secondary N) is 3. The number of benzene rings is 2. The average molecular weight is 667 g/mol. The number of amides is 1. The molecule has 1 atom stereocenters. The van der Waals surface area contributed by atoms with Gasteiger partial charge in [-0.05, 0) is 20.3 Å². The molecule has 4 aromatic rings. The van der Waals surface area contributed by atoms with Gasteiger partial charge in [0.25, 0.3) is 0 Å². The molecule has 0 unspecified atom stereocenters. The van der Waals surface area contributed by atoms with Gasteiger partial charge in [-0.3, -0.25) is 14.8 Å². The zero-order chi connectivity index (χ0) is 32.8. The lowest BCUT2D eigenvalue weighted by Gasteiger charge is -2.18. The highest BCUT2D eigenvalue weighted by atomic mass is 35.5. The zero-order valence-corrected chi connectivity index (χ0v) is 27.7. The second-order valence-corrected chi connectivity index (χ2v) is 12.4. The minimum Gasteiger partial charge on any atom is -0.480 e. The standard InChI is InChI=1S/C33H37Cl2N7O4/c1-33(2,44)18-37-15-27-32(46-4)42-25(17-39-27)23-10-6-8-21(30(23)35)20-7-5-9-22(29(20)34)24-16-38-26(31(41-24)45-3)14-36-13-19-11-12-28(43)40-19/h5-10,16-17,19,36-37,44H,11-15,18H2,1-4H3,(H,40,43)/t19-/m0/s1. The number of carbonyl (C=O) groups is 1. The molecule has 13 heteroatoms. The Labute approximate surface area is 278 Å². The van der Waals surface area contributed by atoms with Crippen molar-refractivity contribution >= 4 is 29.1 Å². The summed E-state index contributed by atoms with van der Waals surface area (Å²) in [6.45, 7) is 5.28. The van der Waals surface area contributed by atoms with Gasteiger partial charge < -0.3 is 30.5 Å². The van der Waals surface area contributed by atoms with Gasteiger partial charge in [-0.25, -0.2) is 9.97 Å². The number of hydrogen-bond acceptors (Lipinski definition) is 10. The largest absolute Gasteiger partial charge is 0.480 e. The fourth-order valence-corrected chi connectivity index (χ4v) is 5.83. The van der Waals surface area contributed by atoms with E-state index in [1.54, 1.807) is 33.4 Å². The first-order chi connectivity index (χ1) is 22.1. The predicted octanol–water partition coefficient (Wildman–Crippen LogP) is 4.82. The highest BCUT2D eigenvalue weighted by Gasteiger charge is 2.22. The number of aromatic nitrogens is 4. The molecule has 5 rings (SSSR count). The molecule has 4 N–H and O–H groups in total. The minimum absolute atomic E-state index is 0.0801. The van der Waals surface area contributed by atoms with E-state index in [1.165, 1.54) is 7.11 Å². The van der Waals surface area contributed by atoms with Gasteiger partial charge in [0.05, 0.1) is 53.6 Å². The summed E-state index contributed by atoms with van der Waals surface area (Å²) in [5, 5.41) is 20.3. The smallest absolute Gasteiger partial charge is 0.237 e. The number of hydrogen-bond donors (Lipinski definition) is 4. The van der Waals surface area contributed by atoms with Crippen molar-refractivity contribution in [3.8, 4) is 45.4 Å². The molecule has 11 nitrogen and oxygen atoms in total. The van der Waals surface area contributed by atoms with Crippen molar-refractivity contribution in [3.05, 3.63) is 70.2 Å². The maximum absolute atomic E-state index is 11.5. The van der Waals surface area contributed by atoms with Crippen molar-refractivity contribution in [2.75, 3.05) is 27.3 Å². The summed E-state index contributed by atoms with van der Waals surface area (Å²) in [5.41, 5.74) is 4.24. The van der Waals surface area contributed by atoms with Crippen LogP contribution in [0.2, 0.25) is 10.0 Å². The van der Waals surface area contributed by atoms with Gasteiger partial charge in [-0.15, -0.1) is 0 Å². The van der Waals surface area contributed by atoms with Crippen LogP contribution in [0.4, 0.5) is 0 Å². The molecule has 0 saturated carbocycles. The van der Waals surface area contributed by atoms with E-state index < -0.39 is 5.60 Å². The minimum atomic E-state index is -0.858. The van der Waals surface area contributed by atoms with Crippen LogP contribution in [0.3, 0.4) is 0 Å². The molecule has 1 amide bonds. The van der Waals surface area contributed by atoms with E-state index in [2.05, 4.69) is 30.9 Å². The normalized spacial score (nSPS) is 14.8. The maximum Gasteiger partial charge on any atom is 0.237 e. The Morgan fingerprint density at radius 1 is 0.870 bits per heavy atom. The van der Waals surface area contributed by atoms with Crippen LogP contribution in [0.25, 0.3) is 33.6 Å². The predicted molar refractivity (Wildman–Crippen MR) is 178 cm³/mol. The van der Waals surface area contributed by atoms with Gasteiger partial charge in [-0.1, -0.05) is 59.6 Å². The molecule has 242 valence electrons. The molecule has 0 aliphatic carbocycles. The van der Waals surface area contributed by atoms with E-state index in [9.17, 15) is 9.90 Å². The van der Waals surface area contributed by atoms with E-state index in [-0.39, 0.29) is 11.9 Å². The first-order valence-corrected chi connectivity index (χ1v) is 15.6. The van der Waals surface area contributed by atoms with Gasteiger partial charge in [0, 0.05) is 60.9 Å². The molecule has 1 aliphatic rings. The quantitative estimate of drug-likeness (QED) is 0.157. The topological polar surface area (TPSA) is 143 Å². The van der Waals surface area contributed by atoms with Crippen molar-refractivity contribution in [1.82, 2.24) is 35.9 Å². The van der Waals surface area contributed by atoms with Crippen LogP contribution < -0.4 is 25.4 Å². The van der Waals surface area contributed by atoms with Crippen molar-refractivity contribution in [1.29, 1.82) is 0 Å². The number of ether oxygens (including phenoxy) is 2. The summed E-state index contributed by atoms with van der Waals surface area (Å²) in [5.74, 6) is 0.823. The second kappa shape index (κ2) is 14.7. The second-order valence-electron chi connectivity index (χ2n) is 11.6. The van der Waals surface area contributed by atoms with Crippen LogP contribution in [0, 0.1) is 0 Å². The SMILES string of the molecule is COc1nc(-c2cccc(-c3cccc(-c4cnc(CNCC(C)(C)O)c(OC)n4)c3Cl)c2Cl)cnc1CNC[C@@H]1CCC(=O)N1. The Kier molecular flexibility index (Phi) is 10.7. The summed E-state index contributed by atoms with van der Waals surface area (Å²) >= 11 is 14.0. The van der Waals surface area contributed by atoms with Crippen LogP contribution >= 0.6 is 23.2 Å². The Bertz CT molecular complexity index is 1710. The molecule has 2 aromatic carbocycles. The lowest BCUT2D eigenvalue weighted by Crippen LogP contribution is -2.35. The van der Waals surface area contributed by atoms with Gasteiger partial charge in [0.15, 0.2) is 0 Å². The van der Waals surface area contributed by atoms with Crippen molar-refractivity contribution in [3.63, 3.8) is 0 Å². The van der Waals surface area contributed by atoms with Crippen molar-refractivity contribution in [2.45, 2.75) is 51.4 Å². The van der Waals surface area contributed by atoms with Crippen LogP contribution in [0.1, 0.15) is 38.1 Å². The Morgan fingerprint density at radius 3 is 1.83 bits per heavy atom. The number of carbonyl (C=O) groups excluding carboxylic acids is 1.